The Balaban J connectivity index is 2.59. The molecule has 0 aliphatic heterocycles. The lowest BCUT2D eigenvalue weighted by Gasteiger charge is -2.18. The lowest BCUT2D eigenvalue weighted by Crippen LogP contribution is -2.30. The van der Waals surface area contributed by atoms with E-state index in [1.54, 1.807) is 0 Å². The monoisotopic (exact) mass is 417 g/mol. The van der Waals surface area contributed by atoms with Gasteiger partial charge in [0.1, 0.15) is 0 Å². The number of amides is 1. The predicted octanol–water partition coefficient (Wildman–Crippen LogP) is 2.47. The highest BCUT2D eigenvalue weighted by Gasteiger charge is 2.19. The number of thioether (sulfide) groups is 1. The van der Waals surface area contributed by atoms with Crippen LogP contribution in [0.3, 0.4) is 0 Å². The molecule has 0 aliphatic rings. The molecule has 0 saturated carbocycles. The second-order valence-corrected chi connectivity index (χ2v) is 6.85. The zero-order valence-corrected chi connectivity index (χ0v) is 15.9. The van der Waals surface area contributed by atoms with Crippen LogP contribution in [0.4, 0.5) is 0 Å². The topological polar surface area (TPSA) is 81.7 Å². The van der Waals surface area contributed by atoms with Gasteiger partial charge in [-0.2, -0.15) is 0 Å². The molecule has 0 radical (unpaired) electrons. The maximum absolute atomic E-state index is 12.1. The van der Waals surface area contributed by atoms with E-state index in [-0.39, 0.29) is 30.5 Å². The largest absolute Gasteiger partial charge is 0.469 e. The molecule has 1 aromatic carbocycles. The summed E-state index contributed by atoms with van der Waals surface area (Å²) in [6.45, 7) is 0. The second-order valence-electron chi connectivity index (χ2n) is 4.83. The van der Waals surface area contributed by atoms with E-state index < -0.39 is 12.0 Å². The summed E-state index contributed by atoms with van der Waals surface area (Å²) in [5.41, 5.74) is 0.810. The molecule has 0 fully saturated rings. The van der Waals surface area contributed by atoms with Gasteiger partial charge in [-0.3, -0.25) is 14.4 Å². The minimum absolute atomic E-state index is 0.0496. The van der Waals surface area contributed by atoms with Gasteiger partial charge in [0.05, 0.1) is 32.4 Å². The number of esters is 2. The highest BCUT2D eigenvalue weighted by molar-refractivity contribution is 9.10. The normalized spacial score (nSPS) is 11.5. The molecule has 132 valence electrons. The average molecular weight is 418 g/mol. The van der Waals surface area contributed by atoms with Crippen LogP contribution in [0.2, 0.25) is 0 Å². The molecule has 0 spiro atoms. The van der Waals surface area contributed by atoms with Gasteiger partial charge in [-0.25, -0.2) is 0 Å². The Kier molecular flexibility index (Phi) is 9.48. The van der Waals surface area contributed by atoms with Gasteiger partial charge in [-0.05, 0) is 17.7 Å². The summed E-state index contributed by atoms with van der Waals surface area (Å²) in [6.07, 6.45) is 0.293. The van der Waals surface area contributed by atoms with Crippen LogP contribution in [0, 0.1) is 0 Å². The molecule has 1 N–H and O–H groups in total. The fourth-order valence-corrected chi connectivity index (χ4v) is 3.05. The average Bonchev–Trinajstić information content (AvgIpc) is 2.57. The molecule has 1 amide bonds. The van der Waals surface area contributed by atoms with Crippen molar-refractivity contribution >= 4 is 45.5 Å². The van der Waals surface area contributed by atoms with Crippen LogP contribution in [-0.4, -0.2) is 43.6 Å². The van der Waals surface area contributed by atoms with Crippen LogP contribution in [0.1, 0.15) is 24.4 Å². The zero-order chi connectivity index (χ0) is 17.9. The van der Waals surface area contributed by atoms with Gasteiger partial charge in [-0.1, -0.05) is 28.1 Å². The smallest absolute Gasteiger partial charge is 0.315 e. The van der Waals surface area contributed by atoms with Gasteiger partial charge in [0, 0.05) is 16.6 Å². The molecule has 24 heavy (non-hydrogen) atoms. The second kappa shape index (κ2) is 11.1. The number of ether oxygens (including phenoxy) is 2. The molecule has 1 atom stereocenters. The highest BCUT2D eigenvalue weighted by atomic mass is 79.9. The standard InChI is InChI=1S/C16H20BrNO5S/c1-22-15(20)9-13(11-4-3-5-12(17)8-11)18-14(19)6-7-24-10-16(21)23-2/h3-5,8,13H,6-7,9-10H2,1-2H3,(H,18,19). The van der Waals surface area contributed by atoms with Crippen molar-refractivity contribution in [3.05, 3.63) is 34.3 Å². The number of hydrogen-bond acceptors (Lipinski definition) is 6. The van der Waals surface area contributed by atoms with Crippen molar-refractivity contribution in [1.29, 1.82) is 0 Å². The number of methoxy groups -OCH3 is 2. The van der Waals surface area contributed by atoms with Gasteiger partial charge < -0.3 is 14.8 Å². The molecule has 1 unspecified atom stereocenters. The summed E-state index contributed by atoms with van der Waals surface area (Å²) in [5.74, 6) is -0.217. The Morgan fingerprint density at radius 3 is 2.54 bits per heavy atom. The fourth-order valence-electron chi connectivity index (χ4n) is 1.87. The molecule has 6 nitrogen and oxygen atoms in total. The van der Waals surface area contributed by atoms with E-state index in [4.69, 9.17) is 4.74 Å². The first-order valence-electron chi connectivity index (χ1n) is 7.22. The highest BCUT2D eigenvalue weighted by Crippen LogP contribution is 2.21. The van der Waals surface area contributed by atoms with E-state index in [2.05, 4.69) is 26.0 Å². The molecule has 1 rings (SSSR count). The molecule has 0 aromatic heterocycles. The van der Waals surface area contributed by atoms with Crippen LogP contribution in [0.5, 0.6) is 0 Å². The molecule has 0 bridgehead atoms. The minimum Gasteiger partial charge on any atom is -0.469 e. The molecule has 1 aromatic rings. The third kappa shape index (κ3) is 7.83. The molecular weight excluding hydrogens is 398 g/mol. The van der Waals surface area contributed by atoms with E-state index >= 15 is 0 Å². The maximum atomic E-state index is 12.1. The molecule has 0 aliphatic carbocycles. The van der Waals surface area contributed by atoms with Gasteiger partial charge in [0.2, 0.25) is 5.91 Å². The minimum atomic E-state index is -0.465. The van der Waals surface area contributed by atoms with Crippen molar-refractivity contribution in [3.8, 4) is 0 Å². The van der Waals surface area contributed by atoms with Crippen LogP contribution < -0.4 is 5.32 Å². The summed E-state index contributed by atoms with van der Waals surface area (Å²) < 4.78 is 10.1. The van der Waals surface area contributed by atoms with E-state index in [0.29, 0.717) is 5.75 Å². The number of carbonyl (C=O) groups is 3. The van der Waals surface area contributed by atoms with E-state index in [9.17, 15) is 14.4 Å². The Morgan fingerprint density at radius 2 is 1.92 bits per heavy atom. The first-order chi connectivity index (χ1) is 11.5. The van der Waals surface area contributed by atoms with Crippen molar-refractivity contribution in [2.24, 2.45) is 0 Å². The quantitative estimate of drug-likeness (QED) is 0.490. The third-order valence-corrected chi connectivity index (χ3v) is 4.53. The number of halogens is 1. The third-order valence-electron chi connectivity index (χ3n) is 3.11. The summed E-state index contributed by atoms with van der Waals surface area (Å²) in [6, 6.07) is 6.92. The van der Waals surface area contributed by atoms with Gasteiger partial charge in [0.25, 0.3) is 0 Å². The Hall–Kier alpha value is -1.54. The number of benzene rings is 1. The number of carbonyl (C=O) groups excluding carboxylic acids is 3. The van der Waals surface area contributed by atoms with Gasteiger partial charge in [0.15, 0.2) is 0 Å². The summed E-state index contributed by atoms with van der Waals surface area (Å²) in [7, 11) is 2.64. The van der Waals surface area contributed by atoms with Crippen LogP contribution >= 0.6 is 27.7 Å². The predicted molar refractivity (Wildman–Crippen MR) is 95.6 cm³/mol. The fraction of sp³-hybridized carbons (Fsp3) is 0.438. The van der Waals surface area contributed by atoms with Crippen molar-refractivity contribution < 1.29 is 23.9 Å². The molecule has 0 saturated heterocycles. The van der Waals surface area contributed by atoms with Crippen molar-refractivity contribution in [2.45, 2.75) is 18.9 Å². The van der Waals surface area contributed by atoms with Crippen molar-refractivity contribution in [2.75, 3.05) is 25.7 Å². The van der Waals surface area contributed by atoms with Gasteiger partial charge >= 0.3 is 11.9 Å². The van der Waals surface area contributed by atoms with Gasteiger partial charge in [-0.15, -0.1) is 11.8 Å². The van der Waals surface area contributed by atoms with E-state index in [0.717, 1.165) is 10.0 Å². The van der Waals surface area contributed by atoms with E-state index in [1.165, 1.54) is 26.0 Å². The van der Waals surface area contributed by atoms with Crippen LogP contribution in [0.15, 0.2) is 28.7 Å². The maximum Gasteiger partial charge on any atom is 0.315 e. The first kappa shape index (κ1) is 20.5. The van der Waals surface area contributed by atoms with Crippen molar-refractivity contribution in [1.82, 2.24) is 5.32 Å². The Morgan fingerprint density at radius 1 is 1.21 bits per heavy atom. The Labute approximate surface area is 153 Å². The Bertz CT molecular complexity index is 581. The first-order valence-corrected chi connectivity index (χ1v) is 9.17. The summed E-state index contributed by atoms with van der Waals surface area (Å²) in [4.78, 5) is 34.7. The van der Waals surface area contributed by atoms with Crippen LogP contribution in [0.25, 0.3) is 0 Å². The number of nitrogens with one attached hydrogen (secondary N) is 1. The molecule has 8 heteroatoms. The molecular formula is C16H20BrNO5S. The number of rotatable bonds is 9. The molecule has 0 heterocycles. The lowest BCUT2D eigenvalue weighted by molar-refractivity contribution is -0.141. The van der Waals surface area contributed by atoms with E-state index in [1.807, 2.05) is 24.3 Å². The van der Waals surface area contributed by atoms with Crippen molar-refractivity contribution in [3.63, 3.8) is 0 Å². The lowest BCUT2D eigenvalue weighted by atomic mass is 10.0. The summed E-state index contributed by atoms with van der Waals surface area (Å²) in [5, 5.41) is 2.84. The summed E-state index contributed by atoms with van der Waals surface area (Å²) >= 11 is 4.70. The zero-order valence-electron chi connectivity index (χ0n) is 13.5. The number of hydrogen-bond donors (Lipinski definition) is 1. The van der Waals surface area contributed by atoms with Crippen LogP contribution in [-0.2, 0) is 23.9 Å². The SMILES string of the molecule is COC(=O)CSCCC(=O)NC(CC(=O)OC)c1cccc(Br)c1.